The predicted octanol–water partition coefficient (Wildman–Crippen LogP) is 4.04. The van der Waals surface area contributed by atoms with Crippen LogP contribution >= 0.6 is 11.6 Å². The number of nitrogens with one attached hydrogen (secondary N) is 2. The number of rotatable bonds is 5. The maximum atomic E-state index is 12.7. The fourth-order valence-corrected chi connectivity index (χ4v) is 3.67. The minimum absolute atomic E-state index is 0.163. The van der Waals surface area contributed by atoms with Crippen molar-refractivity contribution in [2.75, 3.05) is 0 Å². The Morgan fingerprint density at radius 2 is 1.89 bits per heavy atom. The number of halogens is 1. The van der Waals surface area contributed by atoms with Crippen LogP contribution in [0.4, 0.5) is 0 Å². The Bertz CT molecular complexity index is 1100. The molecule has 0 aliphatic carbocycles. The molecular formula is C22H24ClN3O2. The molecule has 28 heavy (non-hydrogen) atoms. The topological polar surface area (TPSA) is 66.9 Å². The van der Waals surface area contributed by atoms with E-state index in [4.69, 9.17) is 11.6 Å². The van der Waals surface area contributed by atoms with E-state index in [1.54, 1.807) is 0 Å². The summed E-state index contributed by atoms with van der Waals surface area (Å²) in [6.07, 6.45) is 0. The van der Waals surface area contributed by atoms with Crippen LogP contribution in [0.15, 0.2) is 41.2 Å². The molecule has 0 saturated heterocycles. The van der Waals surface area contributed by atoms with Crippen LogP contribution in [0.3, 0.4) is 0 Å². The van der Waals surface area contributed by atoms with Crippen LogP contribution < -0.4 is 10.9 Å². The van der Waals surface area contributed by atoms with Gasteiger partial charge in [-0.15, -0.1) is 0 Å². The highest BCUT2D eigenvalue weighted by molar-refractivity contribution is 6.30. The van der Waals surface area contributed by atoms with Crippen molar-refractivity contribution in [3.8, 4) is 0 Å². The lowest BCUT2D eigenvalue weighted by atomic mass is 10.1. The summed E-state index contributed by atoms with van der Waals surface area (Å²) in [6.45, 7) is 8.45. The zero-order valence-corrected chi connectivity index (χ0v) is 17.3. The smallest absolute Gasteiger partial charge is 0.253 e. The van der Waals surface area contributed by atoms with E-state index in [1.807, 2.05) is 64.1 Å². The first-order valence-electron chi connectivity index (χ1n) is 9.15. The molecule has 0 aliphatic heterocycles. The minimum atomic E-state index is -0.190. The van der Waals surface area contributed by atoms with Crippen molar-refractivity contribution in [2.24, 2.45) is 0 Å². The maximum Gasteiger partial charge on any atom is 0.253 e. The largest absolute Gasteiger partial charge is 0.348 e. The zero-order valence-electron chi connectivity index (χ0n) is 16.5. The van der Waals surface area contributed by atoms with Crippen molar-refractivity contribution >= 4 is 17.5 Å². The van der Waals surface area contributed by atoms with Crippen LogP contribution in [0.5, 0.6) is 0 Å². The summed E-state index contributed by atoms with van der Waals surface area (Å²) < 4.78 is 2.09. The van der Waals surface area contributed by atoms with E-state index < -0.39 is 0 Å². The number of aromatic nitrogens is 2. The molecule has 0 atom stereocenters. The van der Waals surface area contributed by atoms with Gasteiger partial charge in [0, 0.05) is 40.8 Å². The molecule has 0 saturated carbocycles. The second kappa shape index (κ2) is 8.07. The second-order valence-corrected chi connectivity index (χ2v) is 7.56. The van der Waals surface area contributed by atoms with Gasteiger partial charge in [0.15, 0.2) is 0 Å². The number of carbonyl (C=O) groups is 1. The number of carbonyl (C=O) groups excluding carboxylic acids is 1. The van der Waals surface area contributed by atoms with Gasteiger partial charge in [-0.2, -0.15) is 0 Å². The number of hydrogen-bond donors (Lipinski definition) is 2. The molecule has 3 aromatic rings. The van der Waals surface area contributed by atoms with E-state index >= 15 is 0 Å². The first kappa shape index (κ1) is 20.0. The monoisotopic (exact) mass is 397 g/mol. The second-order valence-electron chi connectivity index (χ2n) is 7.13. The molecule has 5 nitrogen and oxygen atoms in total. The molecule has 0 fully saturated rings. The van der Waals surface area contributed by atoms with E-state index in [9.17, 15) is 9.59 Å². The van der Waals surface area contributed by atoms with Gasteiger partial charge in [0.2, 0.25) is 0 Å². The Morgan fingerprint density at radius 1 is 1.14 bits per heavy atom. The number of amides is 1. The van der Waals surface area contributed by atoms with E-state index in [-0.39, 0.29) is 18.0 Å². The van der Waals surface area contributed by atoms with Crippen LogP contribution in [0.2, 0.25) is 5.02 Å². The summed E-state index contributed by atoms with van der Waals surface area (Å²) in [5, 5.41) is 3.57. The number of pyridine rings is 1. The van der Waals surface area contributed by atoms with Gasteiger partial charge in [-0.1, -0.05) is 23.7 Å². The molecule has 0 spiro atoms. The molecule has 1 amide bonds. The first-order chi connectivity index (χ1) is 13.3. The number of aryl methyl sites for hydroxylation is 3. The van der Waals surface area contributed by atoms with Crippen molar-refractivity contribution in [1.29, 1.82) is 0 Å². The number of hydrogen-bond acceptors (Lipinski definition) is 2. The molecule has 1 aromatic carbocycles. The highest BCUT2D eigenvalue weighted by Crippen LogP contribution is 2.19. The molecule has 2 aromatic heterocycles. The summed E-state index contributed by atoms with van der Waals surface area (Å²) in [4.78, 5) is 27.7. The molecule has 2 N–H and O–H groups in total. The lowest BCUT2D eigenvalue weighted by molar-refractivity contribution is 0.0950. The third-order valence-electron chi connectivity index (χ3n) is 4.97. The summed E-state index contributed by atoms with van der Waals surface area (Å²) in [5.74, 6) is -0.190. The molecule has 0 unspecified atom stereocenters. The molecule has 0 radical (unpaired) electrons. The van der Waals surface area contributed by atoms with Crippen LogP contribution in [-0.4, -0.2) is 15.5 Å². The fraction of sp³-hybridized carbons (Fsp3) is 0.273. The van der Waals surface area contributed by atoms with Crippen molar-refractivity contribution in [1.82, 2.24) is 14.9 Å². The number of nitrogens with zero attached hydrogens (tertiary/aromatic N) is 1. The van der Waals surface area contributed by atoms with E-state index in [0.29, 0.717) is 22.7 Å². The van der Waals surface area contributed by atoms with Crippen molar-refractivity contribution < 1.29 is 4.79 Å². The van der Waals surface area contributed by atoms with Gasteiger partial charge in [0.05, 0.1) is 5.56 Å². The van der Waals surface area contributed by atoms with Gasteiger partial charge in [0.25, 0.3) is 11.5 Å². The number of benzene rings is 1. The summed E-state index contributed by atoms with van der Waals surface area (Å²) in [6, 6.07) is 11.5. The van der Waals surface area contributed by atoms with Crippen molar-refractivity contribution in [3.05, 3.63) is 91.1 Å². The van der Waals surface area contributed by atoms with Gasteiger partial charge in [0.1, 0.15) is 0 Å². The summed E-state index contributed by atoms with van der Waals surface area (Å²) in [5.41, 5.74) is 5.64. The highest BCUT2D eigenvalue weighted by atomic mass is 35.5. The third kappa shape index (κ3) is 4.20. The molecule has 0 aliphatic rings. The average molecular weight is 398 g/mol. The quantitative estimate of drug-likeness (QED) is 0.682. The minimum Gasteiger partial charge on any atom is -0.348 e. The van der Waals surface area contributed by atoms with Crippen LogP contribution in [-0.2, 0) is 13.1 Å². The zero-order chi connectivity index (χ0) is 20.4. The fourth-order valence-electron chi connectivity index (χ4n) is 3.46. The van der Waals surface area contributed by atoms with Gasteiger partial charge < -0.3 is 14.9 Å². The normalized spacial score (nSPS) is 10.9. The maximum absolute atomic E-state index is 12.7. The van der Waals surface area contributed by atoms with Crippen LogP contribution in [0.25, 0.3) is 0 Å². The van der Waals surface area contributed by atoms with Gasteiger partial charge in [-0.05, 0) is 63.1 Å². The van der Waals surface area contributed by atoms with Crippen LogP contribution in [0, 0.1) is 27.7 Å². The molecule has 2 heterocycles. The van der Waals surface area contributed by atoms with E-state index in [2.05, 4.69) is 14.9 Å². The Labute approximate surface area is 169 Å². The lowest BCUT2D eigenvalue weighted by Crippen LogP contribution is -2.28. The summed E-state index contributed by atoms with van der Waals surface area (Å²) in [7, 11) is 0. The highest BCUT2D eigenvalue weighted by Gasteiger charge is 2.16. The molecule has 6 heteroatoms. The van der Waals surface area contributed by atoms with Crippen LogP contribution in [0.1, 0.15) is 44.1 Å². The first-order valence-corrected chi connectivity index (χ1v) is 9.53. The molecule has 3 rings (SSSR count). The van der Waals surface area contributed by atoms with Crippen molar-refractivity contribution in [2.45, 2.75) is 40.8 Å². The van der Waals surface area contributed by atoms with E-state index in [1.165, 1.54) is 0 Å². The average Bonchev–Trinajstić information content (AvgIpc) is 2.89. The lowest BCUT2D eigenvalue weighted by Gasteiger charge is -2.11. The van der Waals surface area contributed by atoms with Gasteiger partial charge in [-0.25, -0.2) is 0 Å². The molecular weight excluding hydrogens is 374 g/mol. The SMILES string of the molecule is Cc1cc(C)c(CNC(=O)c2cc(C)n(Cc3cccc(Cl)c3)c2C)c(=O)[nH]1. The Morgan fingerprint density at radius 3 is 2.57 bits per heavy atom. The third-order valence-corrected chi connectivity index (χ3v) is 5.20. The Balaban J connectivity index is 1.79. The molecule has 0 bridgehead atoms. The van der Waals surface area contributed by atoms with Gasteiger partial charge in [-0.3, -0.25) is 9.59 Å². The molecule has 146 valence electrons. The van der Waals surface area contributed by atoms with Gasteiger partial charge >= 0.3 is 0 Å². The van der Waals surface area contributed by atoms with E-state index in [0.717, 1.165) is 28.2 Å². The summed E-state index contributed by atoms with van der Waals surface area (Å²) >= 11 is 6.08. The standard InChI is InChI=1S/C22H24ClN3O2/c1-13-8-14(2)25-22(28)20(13)11-24-21(27)19-9-15(3)26(16(19)4)12-17-6-5-7-18(23)10-17/h5-10H,11-12H2,1-4H3,(H,24,27)(H,25,28). The van der Waals surface area contributed by atoms with Crippen molar-refractivity contribution in [3.63, 3.8) is 0 Å². The number of H-pyrrole nitrogens is 1. The number of aromatic amines is 1. The predicted molar refractivity (Wildman–Crippen MR) is 112 cm³/mol. The Kier molecular flexibility index (Phi) is 5.75. The Hall–Kier alpha value is -2.79.